The summed E-state index contributed by atoms with van der Waals surface area (Å²) < 4.78 is 0. The number of hydrogen-bond acceptors (Lipinski definition) is 4. The van der Waals surface area contributed by atoms with Gasteiger partial charge in [0.2, 0.25) is 5.91 Å². The van der Waals surface area contributed by atoms with E-state index in [1.807, 2.05) is 0 Å². The predicted octanol–water partition coefficient (Wildman–Crippen LogP) is 0.919. The second-order valence-electron chi connectivity index (χ2n) is 4.93. The van der Waals surface area contributed by atoms with Crippen molar-refractivity contribution in [3.63, 3.8) is 0 Å². The van der Waals surface area contributed by atoms with E-state index in [4.69, 9.17) is 10.8 Å². The molecule has 1 saturated carbocycles. The van der Waals surface area contributed by atoms with Crippen molar-refractivity contribution in [3.8, 4) is 0 Å². The molecule has 1 fully saturated rings. The minimum absolute atomic E-state index is 0.130. The van der Waals surface area contributed by atoms with Crippen LogP contribution in [0.3, 0.4) is 0 Å². The number of carboxylic acid groups (broad SMARTS) is 1. The van der Waals surface area contributed by atoms with Crippen LogP contribution in [-0.2, 0) is 16.0 Å². The lowest BCUT2D eigenvalue weighted by atomic mass is 9.98. The summed E-state index contributed by atoms with van der Waals surface area (Å²) in [6, 6.07) is 3.23. The molecule has 6 nitrogen and oxygen atoms in total. The van der Waals surface area contributed by atoms with Gasteiger partial charge in [0.25, 0.3) is 0 Å². The predicted molar refractivity (Wildman–Crippen MR) is 69.6 cm³/mol. The average Bonchev–Trinajstić information content (AvgIpc) is 2.79. The van der Waals surface area contributed by atoms with Gasteiger partial charge in [0.15, 0.2) is 0 Å². The van der Waals surface area contributed by atoms with E-state index in [1.165, 1.54) is 6.20 Å². The number of rotatable bonds is 4. The van der Waals surface area contributed by atoms with Crippen molar-refractivity contribution in [2.24, 2.45) is 5.73 Å². The van der Waals surface area contributed by atoms with Crippen LogP contribution in [0.1, 0.15) is 31.4 Å². The first-order chi connectivity index (χ1) is 8.99. The molecule has 6 heteroatoms. The third kappa shape index (κ3) is 3.29. The number of nitrogens with one attached hydrogen (secondary N) is 1. The van der Waals surface area contributed by atoms with Gasteiger partial charge in [-0.05, 0) is 25.0 Å². The van der Waals surface area contributed by atoms with E-state index in [-0.39, 0.29) is 12.3 Å². The molecule has 19 heavy (non-hydrogen) atoms. The summed E-state index contributed by atoms with van der Waals surface area (Å²) in [5.74, 6) is -1.13. The van der Waals surface area contributed by atoms with E-state index in [9.17, 15) is 9.59 Å². The molecule has 4 N–H and O–H groups in total. The summed E-state index contributed by atoms with van der Waals surface area (Å²) in [7, 11) is 0. The Balaban J connectivity index is 1.99. The van der Waals surface area contributed by atoms with Crippen molar-refractivity contribution in [3.05, 3.63) is 24.0 Å². The van der Waals surface area contributed by atoms with Crippen LogP contribution < -0.4 is 11.1 Å². The maximum absolute atomic E-state index is 12.0. The maximum Gasteiger partial charge on any atom is 0.309 e. The van der Waals surface area contributed by atoms with Gasteiger partial charge in [-0.3, -0.25) is 14.6 Å². The van der Waals surface area contributed by atoms with Crippen molar-refractivity contribution < 1.29 is 14.7 Å². The molecule has 2 rings (SSSR count). The highest BCUT2D eigenvalue weighted by atomic mass is 16.4. The summed E-state index contributed by atoms with van der Waals surface area (Å²) in [4.78, 5) is 26.5. The topological polar surface area (TPSA) is 105 Å². The first kappa shape index (κ1) is 13.5. The molecule has 0 radical (unpaired) electrons. The Hall–Kier alpha value is -1.95. The lowest BCUT2D eigenvalue weighted by molar-refractivity contribution is -0.136. The smallest absolute Gasteiger partial charge is 0.309 e. The number of anilines is 1. The molecule has 1 aliphatic carbocycles. The largest absolute Gasteiger partial charge is 0.481 e. The zero-order chi connectivity index (χ0) is 13.9. The molecule has 102 valence electrons. The van der Waals surface area contributed by atoms with Crippen LogP contribution in [0.25, 0.3) is 0 Å². The highest BCUT2D eigenvalue weighted by molar-refractivity contribution is 5.98. The molecule has 0 spiro atoms. The molecule has 0 aromatic carbocycles. The van der Waals surface area contributed by atoms with Crippen LogP contribution in [0.5, 0.6) is 0 Å². The number of pyridine rings is 1. The molecule has 0 atom stereocenters. The molecular formula is C13H17N3O3. The second-order valence-corrected chi connectivity index (χ2v) is 4.93. The van der Waals surface area contributed by atoms with Gasteiger partial charge in [-0.1, -0.05) is 12.8 Å². The van der Waals surface area contributed by atoms with Gasteiger partial charge in [-0.2, -0.15) is 0 Å². The zero-order valence-corrected chi connectivity index (χ0v) is 10.6. The third-order valence-electron chi connectivity index (χ3n) is 3.36. The fraction of sp³-hybridized carbons (Fsp3) is 0.462. The van der Waals surface area contributed by atoms with Crippen LogP contribution in [0.4, 0.5) is 5.69 Å². The summed E-state index contributed by atoms with van der Waals surface area (Å²) in [5, 5.41) is 11.4. The first-order valence-corrected chi connectivity index (χ1v) is 6.27. The van der Waals surface area contributed by atoms with Gasteiger partial charge in [-0.25, -0.2) is 0 Å². The van der Waals surface area contributed by atoms with Crippen LogP contribution in [0, 0.1) is 0 Å². The number of carbonyl (C=O) groups is 2. The van der Waals surface area contributed by atoms with Crippen molar-refractivity contribution >= 4 is 17.6 Å². The number of carbonyl (C=O) groups excluding carboxylic acids is 1. The van der Waals surface area contributed by atoms with Gasteiger partial charge in [0.1, 0.15) is 0 Å². The number of nitrogens with zero attached hydrogens (tertiary/aromatic N) is 1. The molecule has 1 aromatic heterocycles. The quantitative estimate of drug-likeness (QED) is 0.749. The van der Waals surface area contributed by atoms with E-state index >= 15 is 0 Å². The fourth-order valence-electron chi connectivity index (χ4n) is 2.25. The molecule has 1 amide bonds. The van der Waals surface area contributed by atoms with Gasteiger partial charge in [0, 0.05) is 0 Å². The SMILES string of the molecule is NC1(C(=O)Nc2ccc(CC(=O)O)nc2)CCCC1. The van der Waals surface area contributed by atoms with E-state index in [0.29, 0.717) is 24.2 Å². The Morgan fingerprint density at radius 3 is 2.58 bits per heavy atom. The Labute approximate surface area is 111 Å². The number of hydrogen-bond donors (Lipinski definition) is 3. The van der Waals surface area contributed by atoms with Crippen LogP contribution in [0.15, 0.2) is 18.3 Å². The third-order valence-corrected chi connectivity index (χ3v) is 3.36. The summed E-state index contributed by atoms with van der Waals surface area (Å²) in [6.07, 6.45) is 4.66. The average molecular weight is 263 g/mol. The molecule has 0 unspecified atom stereocenters. The van der Waals surface area contributed by atoms with Gasteiger partial charge in [0.05, 0.1) is 29.5 Å². The molecule has 1 aliphatic rings. The zero-order valence-electron chi connectivity index (χ0n) is 10.6. The standard InChI is InChI=1S/C13H17N3O3/c14-13(5-1-2-6-13)12(19)16-10-4-3-9(15-8-10)7-11(17)18/h3-4,8H,1-2,5-7,14H2,(H,16,19)(H,17,18). The van der Waals surface area contributed by atoms with Crippen molar-refractivity contribution in [2.75, 3.05) is 5.32 Å². The highest BCUT2D eigenvalue weighted by Crippen LogP contribution is 2.28. The van der Waals surface area contributed by atoms with E-state index < -0.39 is 11.5 Å². The molecule has 1 aromatic rings. The summed E-state index contributed by atoms with van der Waals surface area (Å²) >= 11 is 0. The van der Waals surface area contributed by atoms with Gasteiger partial charge < -0.3 is 16.2 Å². The Kier molecular flexibility index (Phi) is 3.80. The lowest BCUT2D eigenvalue weighted by Crippen LogP contribution is -2.48. The number of nitrogens with two attached hydrogens (primary N) is 1. The monoisotopic (exact) mass is 263 g/mol. The molecule has 0 aliphatic heterocycles. The van der Waals surface area contributed by atoms with E-state index in [1.54, 1.807) is 12.1 Å². The Morgan fingerprint density at radius 2 is 2.05 bits per heavy atom. The lowest BCUT2D eigenvalue weighted by Gasteiger charge is -2.22. The molecular weight excluding hydrogens is 246 g/mol. The van der Waals surface area contributed by atoms with Crippen LogP contribution in [-0.4, -0.2) is 27.5 Å². The molecule has 1 heterocycles. The van der Waals surface area contributed by atoms with Crippen molar-refractivity contribution in [1.82, 2.24) is 4.98 Å². The number of amides is 1. The van der Waals surface area contributed by atoms with E-state index in [2.05, 4.69) is 10.3 Å². The number of carboxylic acids is 1. The maximum atomic E-state index is 12.0. The summed E-state index contributed by atoms with van der Waals surface area (Å²) in [5.41, 5.74) is 6.25. The highest BCUT2D eigenvalue weighted by Gasteiger charge is 2.36. The first-order valence-electron chi connectivity index (χ1n) is 6.27. The second kappa shape index (κ2) is 5.36. The van der Waals surface area contributed by atoms with Crippen LogP contribution in [0.2, 0.25) is 0 Å². The number of aromatic nitrogens is 1. The minimum atomic E-state index is -0.934. The summed E-state index contributed by atoms with van der Waals surface area (Å²) in [6.45, 7) is 0. The van der Waals surface area contributed by atoms with Crippen molar-refractivity contribution in [1.29, 1.82) is 0 Å². The van der Waals surface area contributed by atoms with Gasteiger partial charge in [-0.15, -0.1) is 0 Å². The molecule has 0 saturated heterocycles. The Bertz CT molecular complexity index is 478. The van der Waals surface area contributed by atoms with Crippen LogP contribution >= 0.6 is 0 Å². The van der Waals surface area contributed by atoms with E-state index in [0.717, 1.165) is 12.8 Å². The normalized spacial score (nSPS) is 17.1. The Morgan fingerprint density at radius 1 is 1.37 bits per heavy atom. The van der Waals surface area contributed by atoms with Gasteiger partial charge >= 0.3 is 5.97 Å². The fourth-order valence-corrected chi connectivity index (χ4v) is 2.25. The van der Waals surface area contributed by atoms with Crippen molar-refractivity contribution in [2.45, 2.75) is 37.6 Å². The molecule has 0 bridgehead atoms. The minimum Gasteiger partial charge on any atom is -0.481 e. The number of aliphatic carboxylic acids is 1.